The minimum atomic E-state index is -0.931. The fraction of sp³-hybridized carbons (Fsp3) is 0.238. The molecule has 1 aliphatic rings. The lowest BCUT2D eigenvalue weighted by Crippen LogP contribution is -2.41. The number of pyridine rings is 2. The van der Waals surface area contributed by atoms with E-state index in [0.29, 0.717) is 71.7 Å². The van der Waals surface area contributed by atoms with Gasteiger partial charge < -0.3 is 18.5 Å². The van der Waals surface area contributed by atoms with Crippen LogP contribution in [0.2, 0.25) is 5.02 Å². The van der Waals surface area contributed by atoms with E-state index in [9.17, 15) is 10.2 Å². The van der Waals surface area contributed by atoms with Gasteiger partial charge in [0.15, 0.2) is 0 Å². The molecule has 2 atom stereocenters. The first-order chi connectivity index (χ1) is 28.3. The van der Waals surface area contributed by atoms with E-state index >= 15 is 4.79 Å². The third kappa shape index (κ3) is 6.71. The van der Waals surface area contributed by atoms with E-state index in [2.05, 4.69) is 10.1 Å². The Hall–Kier alpha value is -6.39. The molecule has 0 spiro atoms. The number of aromatic nitrogens is 5. The number of carbonyl (C=O) groups is 1. The van der Waals surface area contributed by atoms with Gasteiger partial charge in [0.2, 0.25) is 0 Å². The zero-order chi connectivity index (χ0) is 41.9. The number of hydrogen-bond acceptors (Lipinski definition) is 12. The van der Waals surface area contributed by atoms with Crippen LogP contribution in [0, 0.1) is 31.6 Å². The Kier molecular flexibility index (Phi) is 10.3. The first-order valence-electron chi connectivity index (χ1n) is 18.7. The van der Waals surface area contributed by atoms with Crippen LogP contribution in [0.1, 0.15) is 60.1 Å². The summed E-state index contributed by atoms with van der Waals surface area (Å²) < 4.78 is 20.7. The summed E-state index contributed by atoms with van der Waals surface area (Å²) in [6.45, 7) is 9.22. The van der Waals surface area contributed by atoms with Crippen molar-refractivity contribution >= 4 is 85.4 Å². The fourth-order valence-corrected chi connectivity index (χ4v) is 9.32. The van der Waals surface area contributed by atoms with Crippen molar-refractivity contribution in [2.24, 2.45) is 4.99 Å². The van der Waals surface area contributed by atoms with E-state index in [4.69, 9.17) is 41.0 Å². The number of methoxy groups -OCH3 is 2. The average molecular weight is 828 g/mol. The minimum absolute atomic E-state index is 0.0422. The second kappa shape index (κ2) is 15.4. The van der Waals surface area contributed by atoms with Crippen molar-refractivity contribution in [2.45, 2.75) is 53.1 Å². The molecule has 7 aromatic rings. The van der Waals surface area contributed by atoms with Gasteiger partial charge in [0, 0.05) is 33.3 Å². The van der Waals surface area contributed by atoms with E-state index in [1.165, 1.54) is 23.3 Å². The zero-order valence-corrected chi connectivity index (χ0v) is 35.0. The Bertz CT molecular complexity index is 2920. The summed E-state index contributed by atoms with van der Waals surface area (Å²) in [5.74, 6) is 0.719. The molecule has 6 heterocycles. The first-order valence-corrected chi connectivity index (χ1v) is 19.9. The predicted octanol–water partition coefficient (Wildman–Crippen LogP) is 6.75. The number of aliphatic imine (C=N–C) groups is 1. The molecule has 17 heteroatoms. The van der Waals surface area contributed by atoms with E-state index in [-0.39, 0.29) is 31.2 Å². The van der Waals surface area contributed by atoms with E-state index < -0.39 is 18.1 Å². The average Bonchev–Trinajstić information content (AvgIpc) is 3.81. The Morgan fingerprint density at radius 2 is 1.85 bits per heavy atom. The number of anilines is 1. The molecule has 5 aromatic heterocycles. The van der Waals surface area contributed by atoms with Crippen LogP contribution in [0.4, 0.5) is 5.00 Å². The first kappa shape index (κ1) is 39.4. The van der Waals surface area contributed by atoms with E-state index in [1.807, 2.05) is 70.2 Å². The van der Waals surface area contributed by atoms with Gasteiger partial charge >= 0.3 is 11.7 Å². The monoisotopic (exact) mass is 827 g/mol. The van der Waals surface area contributed by atoms with Crippen molar-refractivity contribution in [2.75, 3.05) is 19.1 Å². The Balaban J connectivity index is 1.36. The SMILES string of the molecule is COC(=O)CC1N=C(c2ccc(Cl)cc2)c2c(sc(Bn3c(=O)n(C(C)c4ccccn4)c4c5cc(OC)c(-c6c(C)noc6C)cc5ncc43)c2C)N(C(C)=N)C1=N. The number of nitrogens with zero attached hydrogens (tertiary/aromatic N) is 7. The predicted molar refractivity (Wildman–Crippen MR) is 233 cm³/mol. The number of hydrogen-bond donors (Lipinski definition) is 2. The highest BCUT2D eigenvalue weighted by Gasteiger charge is 2.36. The van der Waals surface area contributed by atoms with Crippen LogP contribution < -0.4 is 20.1 Å². The molecule has 0 radical (unpaired) electrons. The number of imidazole rings is 1. The summed E-state index contributed by atoms with van der Waals surface area (Å²) in [6, 6.07) is 15.3. The lowest BCUT2D eigenvalue weighted by Gasteiger charge is -2.24. The number of carbonyl (C=O) groups excluding carboxylic acids is 1. The number of aryl methyl sites for hydroxylation is 2. The maximum Gasteiger partial charge on any atom is 0.317 e. The molecule has 59 heavy (non-hydrogen) atoms. The molecule has 0 bridgehead atoms. The Morgan fingerprint density at radius 3 is 2.49 bits per heavy atom. The minimum Gasteiger partial charge on any atom is -0.496 e. The van der Waals surface area contributed by atoms with Crippen LogP contribution in [-0.2, 0) is 9.53 Å². The van der Waals surface area contributed by atoms with Gasteiger partial charge in [-0.1, -0.05) is 35.0 Å². The number of ether oxygens (including phenoxy) is 2. The number of rotatable bonds is 9. The van der Waals surface area contributed by atoms with Crippen LogP contribution in [-0.4, -0.2) is 75.2 Å². The molecular weight excluding hydrogens is 789 g/mol. The number of benzene rings is 2. The molecule has 0 aliphatic carbocycles. The molecule has 1 aliphatic heterocycles. The number of thiophene rings is 1. The third-order valence-electron chi connectivity index (χ3n) is 10.8. The molecule has 2 aromatic carbocycles. The van der Waals surface area contributed by atoms with Gasteiger partial charge in [-0.05, 0) is 81.4 Å². The summed E-state index contributed by atoms with van der Waals surface area (Å²) in [7, 11) is 3.04. The lowest BCUT2D eigenvalue weighted by atomic mass is 9.85. The molecule has 0 saturated carbocycles. The topological polar surface area (TPSA) is 178 Å². The standard InChI is InChI=1S/C42H39BClN9O5S/c1-20-35-37(25-11-13-26(44)14-12-25)49-31(18-34(54)57-7)40(46)52(24(5)45)41(35)59-39(20)43-53-32-19-48-30-16-28(36-21(2)50-58-23(36)4)33(56-6)17-27(30)38(32)51(42(53)55)22(3)29-10-8-9-15-47-29/h8-17,19,22,31,43,45-46H,18H2,1-7H3. The maximum atomic E-state index is 15.0. The van der Waals surface area contributed by atoms with Gasteiger partial charge in [0.25, 0.3) is 7.41 Å². The quantitative estimate of drug-likeness (QED) is 0.0690. The molecular formula is C42H39BClN9O5S. The van der Waals surface area contributed by atoms with Gasteiger partial charge in [0.05, 0.1) is 72.1 Å². The van der Waals surface area contributed by atoms with Crippen LogP contribution in [0.3, 0.4) is 0 Å². The summed E-state index contributed by atoms with van der Waals surface area (Å²) in [5, 5.41) is 24.1. The van der Waals surface area contributed by atoms with E-state index in [1.54, 1.807) is 47.6 Å². The lowest BCUT2D eigenvalue weighted by molar-refractivity contribution is -0.140. The van der Waals surface area contributed by atoms with Gasteiger partial charge in [-0.3, -0.25) is 40.0 Å². The third-order valence-corrected chi connectivity index (χ3v) is 12.3. The van der Waals surface area contributed by atoms with Crippen LogP contribution in [0.25, 0.3) is 33.1 Å². The van der Waals surface area contributed by atoms with Crippen LogP contribution in [0.5, 0.6) is 5.75 Å². The summed E-state index contributed by atoms with van der Waals surface area (Å²) in [5.41, 5.74) is 7.38. The van der Waals surface area contributed by atoms with Crippen molar-refractivity contribution < 1.29 is 18.8 Å². The van der Waals surface area contributed by atoms with Crippen molar-refractivity contribution in [1.82, 2.24) is 24.2 Å². The van der Waals surface area contributed by atoms with E-state index in [0.717, 1.165) is 21.5 Å². The molecule has 0 fully saturated rings. The van der Waals surface area contributed by atoms with Gasteiger partial charge in [-0.15, -0.1) is 11.3 Å². The van der Waals surface area contributed by atoms with Crippen LogP contribution in [0.15, 0.2) is 81.3 Å². The maximum absolute atomic E-state index is 15.0. The second-order valence-electron chi connectivity index (χ2n) is 14.3. The molecule has 2 unspecified atom stereocenters. The zero-order valence-electron chi connectivity index (χ0n) is 33.4. The smallest absolute Gasteiger partial charge is 0.317 e. The Morgan fingerprint density at radius 1 is 1.08 bits per heavy atom. The fourth-order valence-electron chi connectivity index (χ4n) is 7.83. The molecule has 0 amide bonds. The molecule has 8 rings (SSSR count). The number of esters is 1. The second-order valence-corrected chi connectivity index (χ2v) is 15.9. The number of amidine groups is 2. The van der Waals surface area contributed by atoms with Gasteiger partial charge in [-0.25, -0.2) is 4.79 Å². The number of halogens is 1. The normalized spacial score (nSPS) is 14.6. The molecule has 14 nitrogen and oxygen atoms in total. The highest BCUT2D eigenvalue weighted by atomic mass is 35.5. The summed E-state index contributed by atoms with van der Waals surface area (Å²) in [4.78, 5) is 43.7. The molecule has 2 N–H and O–H groups in total. The van der Waals surface area contributed by atoms with Crippen molar-refractivity contribution in [3.8, 4) is 16.9 Å². The summed E-state index contributed by atoms with van der Waals surface area (Å²) in [6.07, 6.45) is 3.24. The molecule has 298 valence electrons. The largest absolute Gasteiger partial charge is 0.496 e. The highest BCUT2D eigenvalue weighted by Crippen LogP contribution is 2.40. The highest BCUT2D eigenvalue weighted by molar-refractivity contribution is 7.25. The van der Waals surface area contributed by atoms with Gasteiger partial charge in [-0.2, -0.15) is 0 Å². The van der Waals surface area contributed by atoms with Crippen molar-refractivity contribution in [3.05, 3.63) is 116 Å². The Labute approximate surface area is 348 Å². The number of nitrogens with one attached hydrogen (secondary N) is 2. The summed E-state index contributed by atoms with van der Waals surface area (Å²) >= 11 is 7.68. The van der Waals surface area contributed by atoms with Crippen molar-refractivity contribution in [3.63, 3.8) is 0 Å². The number of fused-ring (bicyclic) bond motifs is 4. The van der Waals surface area contributed by atoms with Crippen molar-refractivity contribution in [1.29, 1.82) is 10.8 Å². The van der Waals surface area contributed by atoms with Crippen LogP contribution >= 0.6 is 22.9 Å². The van der Waals surface area contributed by atoms with Gasteiger partial charge in [0.1, 0.15) is 34.2 Å². The molecule has 0 saturated heterocycles.